The summed E-state index contributed by atoms with van der Waals surface area (Å²) in [6.07, 6.45) is 5.73. The Hall–Kier alpha value is -1.94. The molecule has 4 unspecified atom stereocenters. The minimum atomic E-state index is -1.02. The number of allylic oxidation sites excluding steroid dienone is 3. The van der Waals surface area contributed by atoms with E-state index in [1.807, 2.05) is 19.9 Å². The molecule has 1 N–H and O–H groups in total. The highest BCUT2D eigenvalue weighted by Gasteiger charge is 2.50. The molecular formula is C21H28O4. The lowest BCUT2D eigenvalue weighted by atomic mass is 9.55. The molecule has 136 valence electrons. The minimum absolute atomic E-state index is 0.0974. The van der Waals surface area contributed by atoms with E-state index in [1.54, 1.807) is 13.0 Å². The quantitative estimate of drug-likeness (QED) is 0.612. The van der Waals surface area contributed by atoms with Crippen molar-refractivity contribution >= 4 is 11.8 Å². The molecule has 0 saturated heterocycles. The van der Waals surface area contributed by atoms with Crippen molar-refractivity contribution < 1.29 is 19.4 Å². The number of hydrogen-bond donors (Lipinski definition) is 1. The van der Waals surface area contributed by atoms with Gasteiger partial charge in [0.25, 0.3) is 0 Å². The van der Waals surface area contributed by atoms with Gasteiger partial charge in [0.15, 0.2) is 5.78 Å². The van der Waals surface area contributed by atoms with E-state index in [2.05, 4.69) is 13.2 Å². The first-order chi connectivity index (χ1) is 11.6. The number of ketones is 1. The topological polar surface area (TPSA) is 63.6 Å². The summed E-state index contributed by atoms with van der Waals surface area (Å²) in [5.41, 5.74) is 1.11. The van der Waals surface area contributed by atoms with Crippen molar-refractivity contribution in [1.82, 2.24) is 0 Å². The molecule has 0 amide bonds. The normalized spacial score (nSPS) is 34.5. The molecule has 0 radical (unpaired) electrons. The van der Waals surface area contributed by atoms with Crippen LogP contribution in [0.3, 0.4) is 0 Å². The Bertz CT molecular complexity index is 684. The molecule has 0 fully saturated rings. The van der Waals surface area contributed by atoms with Gasteiger partial charge in [0.2, 0.25) is 0 Å². The van der Waals surface area contributed by atoms with Gasteiger partial charge in [0.1, 0.15) is 0 Å². The first-order valence-corrected chi connectivity index (χ1v) is 8.62. The second kappa shape index (κ2) is 6.75. The SMILES string of the molecule is C=CC1(C)C(=O)C=C2C(=CCC(C(=C)C)C2(C)CCC(=O)OC)C1O. The summed E-state index contributed by atoms with van der Waals surface area (Å²) in [7, 11) is 1.37. The zero-order valence-corrected chi connectivity index (χ0v) is 15.6. The van der Waals surface area contributed by atoms with E-state index in [-0.39, 0.29) is 24.1 Å². The highest BCUT2D eigenvalue weighted by Crippen LogP contribution is 2.54. The number of ether oxygens (including phenoxy) is 1. The first kappa shape index (κ1) is 19.4. The number of rotatable bonds is 5. The average Bonchev–Trinajstić information content (AvgIpc) is 2.58. The summed E-state index contributed by atoms with van der Waals surface area (Å²) in [6.45, 7) is 13.6. The zero-order valence-electron chi connectivity index (χ0n) is 15.6. The van der Waals surface area contributed by atoms with Gasteiger partial charge in [-0.1, -0.05) is 31.2 Å². The van der Waals surface area contributed by atoms with Crippen LogP contribution in [0.25, 0.3) is 0 Å². The summed E-state index contributed by atoms with van der Waals surface area (Å²) in [5.74, 6) is -0.342. The number of fused-ring (bicyclic) bond motifs is 1. The predicted molar refractivity (Wildman–Crippen MR) is 97.8 cm³/mol. The van der Waals surface area contributed by atoms with Crippen LogP contribution in [0.4, 0.5) is 0 Å². The molecule has 0 aromatic heterocycles. The van der Waals surface area contributed by atoms with Gasteiger partial charge < -0.3 is 9.84 Å². The van der Waals surface area contributed by atoms with Crippen LogP contribution in [0.2, 0.25) is 0 Å². The van der Waals surface area contributed by atoms with Gasteiger partial charge in [-0.05, 0) is 49.8 Å². The zero-order chi connectivity index (χ0) is 19.0. The smallest absolute Gasteiger partial charge is 0.305 e. The number of hydrogen-bond acceptors (Lipinski definition) is 4. The second-order valence-corrected chi connectivity index (χ2v) is 7.60. The average molecular weight is 344 g/mol. The molecular weight excluding hydrogens is 316 g/mol. The van der Waals surface area contributed by atoms with Crippen molar-refractivity contribution in [2.75, 3.05) is 7.11 Å². The molecule has 0 bridgehead atoms. The molecule has 0 aromatic carbocycles. The molecule has 4 atom stereocenters. The van der Waals surface area contributed by atoms with E-state index < -0.39 is 16.9 Å². The Morgan fingerprint density at radius 1 is 1.48 bits per heavy atom. The number of aliphatic hydroxyl groups excluding tert-OH is 1. The second-order valence-electron chi connectivity index (χ2n) is 7.60. The number of esters is 1. The molecule has 2 rings (SSSR count). The maximum atomic E-state index is 12.7. The lowest BCUT2D eigenvalue weighted by molar-refractivity contribution is -0.141. The number of carbonyl (C=O) groups excluding carboxylic acids is 2. The molecule has 0 spiro atoms. The van der Waals surface area contributed by atoms with Gasteiger partial charge in [-0.15, -0.1) is 6.58 Å². The third kappa shape index (κ3) is 3.04. The molecule has 2 aliphatic carbocycles. The van der Waals surface area contributed by atoms with Crippen molar-refractivity contribution in [2.45, 2.75) is 46.1 Å². The van der Waals surface area contributed by atoms with Crippen LogP contribution >= 0.6 is 0 Å². The van der Waals surface area contributed by atoms with Crippen LogP contribution in [0.15, 0.2) is 48.1 Å². The Labute approximate surface area is 149 Å². The van der Waals surface area contributed by atoms with E-state index in [4.69, 9.17) is 4.74 Å². The van der Waals surface area contributed by atoms with Gasteiger partial charge in [-0.2, -0.15) is 0 Å². The van der Waals surface area contributed by atoms with Gasteiger partial charge in [-0.3, -0.25) is 9.59 Å². The van der Waals surface area contributed by atoms with Crippen molar-refractivity contribution in [1.29, 1.82) is 0 Å². The molecule has 4 heteroatoms. The van der Waals surface area contributed by atoms with E-state index in [9.17, 15) is 14.7 Å². The van der Waals surface area contributed by atoms with E-state index in [0.29, 0.717) is 6.42 Å². The highest BCUT2D eigenvalue weighted by atomic mass is 16.5. The monoisotopic (exact) mass is 344 g/mol. The van der Waals surface area contributed by atoms with Crippen molar-refractivity contribution in [3.8, 4) is 0 Å². The Kier molecular flexibility index (Phi) is 5.24. The largest absolute Gasteiger partial charge is 0.469 e. The third-order valence-electron chi connectivity index (χ3n) is 6.03. The van der Waals surface area contributed by atoms with Crippen molar-refractivity contribution in [3.05, 3.63) is 48.1 Å². The fourth-order valence-corrected chi connectivity index (χ4v) is 4.11. The fourth-order valence-electron chi connectivity index (χ4n) is 4.11. The molecule has 2 aliphatic rings. The van der Waals surface area contributed by atoms with Crippen LogP contribution in [-0.2, 0) is 14.3 Å². The van der Waals surface area contributed by atoms with E-state index >= 15 is 0 Å². The number of aliphatic hydroxyl groups is 1. The van der Waals surface area contributed by atoms with Gasteiger partial charge in [0, 0.05) is 11.8 Å². The van der Waals surface area contributed by atoms with E-state index in [0.717, 1.165) is 23.1 Å². The predicted octanol–water partition coefficient (Wildman–Crippen LogP) is 3.53. The molecule has 0 heterocycles. The maximum Gasteiger partial charge on any atom is 0.305 e. The highest BCUT2D eigenvalue weighted by molar-refractivity contribution is 6.00. The van der Waals surface area contributed by atoms with Crippen LogP contribution in [0.1, 0.15) is 40.0 Å². The van der Waals surface area contributed by atoms with Crippen molar-refractivity contribution in [2.24, 2.45) is 16.7 Å². The lowest BCUT2D eigenvalue weighted by Gasteiger charge is -2.49. The molecule has 0 aliphatic heterocycles. The summed E-state index contributed by atoms with van der Waals surface area (Å²) < 4.78 is 4.79. The Morgan fingerprint density at radius 2 is 2.12 bits per heavy atom. The third-order valence-corrected chi connectivity index (χ3v) is 6.03. The lowest BCUT2D eigenvalue weighted by Crippen LogP contribution is -2.47. The summed E-state index contributed by atoms with van der Waals surface area (Å²) in [5, 5.41) is 10.9. The van der Waals surface area contributed by atoms with Gasteiger partial charge in [-0.25, -0.2) is 0 Å². The van der Waals surface area contributed by atoms with Gasteiger partial charge in [0.05, 0.1) is 18.6 Å². The van der Waals surface area contributed by atoms with Crippen LogP contribution in [-0.4, -0.2) is 30.1 Å². The number of carbonyl (C=O) groups is 2. The fraction of sp³-hybridized carbons (Fsp3) is 0.524. The first-order valence-electron chi connectivity index (χ1n) is 8.62. The molecule has 4 nitrogen and oxygen atoms in total. The summed E-state index contributed by atoms with van der Waals surface area (Å²) in [4.78, 5) is 24.4. The summed E-state index contributed by atoms with van der Waals surface area (Å²) >= 11 is 0. The van der Waals surface area contributed by atoms with Crippen LogP contribution < -0.4 is 0 Å². The van der Waals surface area contributed by atoms with Crippen LogP contribution in [0.5, 0.6) is 0 Å². The maximum absolute atomic E-state index is 12.7. The number of methoxy groups -OCH3 is 1. The standard InChI is InChI=1S/C21H28O4/c1-7-20(4)17(22)12-16-14(19(20)24)8-9-15(13(2)3)21(16,5)11-10-18(23)25-6/h7-8,12,15,19,24H,1-2,9-11H2,3-6H3. The van der Waals surface area contributed by atoms with Gasteiger partial charge >= 0.3 is 5.97 Å². The van der Waals surface area contributed by atoms with Crippen LogP contribution in [0, 0.1) is 16.7 Å². The Balaban J connectivity index is 2.55. The van der Waals surface area contributed by atoms with E-state index in [1.165, 1.54) is 13.2 Å². The summed E-state index contributed by atoms with van der Waals surface area (Å²) in [6, 6.07) is 0. The minimum Gasteiger partial charge on any atom is -0.469 e. The molecule has 0 saturated carbocycles. The molecule has 25 heavy (non-hydrogen) atoms. The molecule has 0 aromatic rings. The Morgan fingerprint density at radius 3 is 2.64 bits per heavy atom. The van der Waals surface area contributed by atoms with Crippen molar-refractivity contribution in [3.63, 3.8) is 0 Å².